The molecule has 0 radical (unpaired) electrons. The summed E-state index contributed by atoms with van der Waals surface area (Å²) in [7, 11) is 0. The first-order chi connectivity index (χ1) is 8.83. The van der Waals surface area contributed by atoms with Crippen LogP contribution in [0.15, 0.2) is 18.2 Å². The molecule has 102 valence electrons. The summed E-state index contributed by atoms with van der Waals surface area (Å²) in [6.07, 6.45) is 0.761. The fourth-order valence-electron chi connectivity index (χ4n) is 2.17. The van der Waals surface area contributed by atoms with Gasteiger partial charge < -0.3 is 10.8 Å². The van der Waals surface area contributed by atoms with Crippen molar-refractivity contribution in [2.24, 2.45) is 11.7 Å². The lowest BCUT2D eigenvalue weighted by Gasteiger charge is -2.10. The predicted molar refractivity (Wildman–Crippen MR) is 72.7 cm³/mol. The molecule has 0 heterocycles. The number of carboxylic acids is 1. The van der Waals surface area contributed by atoms with Crippen LogP contribution in [0.5, 0.6) is 0 Å². The summed E-state index contributed by atoms with van der Waals surface area (Å²) in [5, 5.41) is 9.40. The number of benzene rings is 1. The van der Waals surface area contributed by atoms with Gasteiger partial charge in [-0.15, -0.1) is 0 Å². The minimum absolute atomic E-state index is 0.0331. The molecule has 6 heteroatoms. The van der Waals surface area contributed by atoms with Crippen molar-refractivity contribution in [2.45, 2.75) is 24.8 Å². The van der Waals surface area contributed by atoms with Crippen LogP contribution in [0.2, 0.25) is 10.0 Å². The highest BCUT2D eigenvalue weighted by Gasteiger charge is 2.55. The van der Waals surface area contributed by atoms with E-state index >= 15 is 0 Å². The van der Waals surface area contributed by atoms with E-state index < -0.39 is 11.5 Å². The highest BCUT2D eigenvalue weighted by molar-refractivity contribution is 6.37. The van der Waals surface area contributed by atoms with E-state index in [2.05, 4.69) is 0 Å². The van der Waals surface area contributed by atoms with Crippen LogP contribution in [0.1, 0.15) is 29.6 Å². The molecule has 1 aromatic rings. The van der Waals surface area contributed by atoms with E-state index in [1.165, 1.54) is 6.07 Å². The molecule has 2 atom stereocenters. The van der Waals surface area contributed by atoms with Gasteiger partial charge in [-0.25, -0.2) is 0 Å². The van der Waals surface area contributed by atoms with Crippen molar-refractivity contribution in [1.29, 1.82) is 0 Å². The second kappa shape index (κ2) is 5.12. The van der Waals surface area contributed by atoms with E-state index in [0.717, 1.165) is 0 Å². The van der Waals surface area contributed by atoms with Gasteiger partial charge in [0.25, 0.3) is 0 Å². The van der Waals surface area contributed by atoms with Gasteiger partial charge in [-0.3, -0.25) is 9.59 Å². The summed E-state index contributed by atoms with van der Waals surface area (Å²) in [5.41, 5.74) is 5.68. The van der Waals surface area contributed by atoms with E-state index in [0.29, 0.717) is 28.5 Å². The molecule has 0 aliphatic heterocycles. The van der Waals surface area contributed by atoms with Crippen LogP contribution in [0.25, 0.3) is 0 Å². The number of ketones is 1. The fourth-order valence-corrected chi connectivity index (χ4v) is 2.67. The molecule has 1 aliphatic carbocycles. The normalized spacial score (nSPS) is 25.1. The number of hydrogen-bond acceptors (Lipinski definition) is 3. The molecule has 2 rings (SSSR count). The molecule has 0 saturated heterocycles. The SMILES string of the molecule is NC1(CCC(=O)O)CC1C(=O)c1ccc(Cl)cc1Cl. The standard InChI is InChI=1S/C13H13Cl2NO3/c14-7-1-2-8(10(15)5-7)12(19)9-6-13(9,16)4-3-11(17)18/h1-2,5,9H,3-4,6,16H2,(H,17,18). The maximum absolute atomic E-state index is 12.2. The number of nitrogens with two attached hydrogens (primary N) is 1. The van der Waals surface area contributed by atoms with Gasteiger partial charge >= 0.3 is 5.97 Å². The maximum Gasteiger partial charge on any atom is 0.303 e. The second-order valence-corrected chi connectivity index (χ2v) is 5.72. The van der Waals surface area contributed by atoms with Gasteiger partial charge in [0.05, 0.1) is 5.02 Å². The Morgan fingerprint density at radius 1 is 1.42 bits per heavy atom. The first kappa shape index (κ1) is 14.3. The molecule has 19 heavy (non-hydrogen) atoms. The third-order valence-electron chi connectivity index (χ3n) is 3.44. The number of Topliss-reactive ketones (excluding diaryl/α,β-unsaturated/α-hetero) is 1. The van der Waals surface area contributed by atoms with Crippen LogP contribution in [-0.4, -0.2) is 22.4 Å². The van der Waals surface area contributed by atoms with E-state index in [1.54, 1.807) is 12.1 Å². The van der Waals surface area contributed by atoms with Crippen molar-refractivity contribution in [3.63, 3.8) is 0 Å². The molecule has 0 aromatic heterocycles. The van der Waals surface area contributed by atoms with E-state index in [1.807, 2.05) is 0 Å². The van der Waals surface area contributed by atoms with Crippen molar-refractivity contribution in [1.82, 2.24) is 0 Å². The summed E-state index contributed by atoms with van der Waals surface area (Å²) in [5.74, 6) is -1.41. The minimum atomic E-state index is -0.910. The van der Waals surface area contributed by atoms with E-state index in [9.17, 15) is 9.59 Å². The van der Waals surface area contributed by atoms with Gasteiger partial charge in [-0.1, -0.05) is 23.2 Å². The molecule has 1 fully saturated rings. The monoisotopic (exact) mass is 301 g/mol. The summed E-state index contributed by atoms with van der Waals surface area (Å²) >= 11 is 11.7. The van der Waals surface area contributed by atoms with Crippen molar-refractivity contribution < 1.29 is 14.7 Å². The molecule has 1 aromatic carbocycles. The fraction of sp³-hybridized carbons (Fsp3) is 0.385. The van der Waals surface area contributed by atoms with Gasteiger partial charge in [0.2, 0.25) is 0 Å². The molecule has 2 unspecified atom stereocenters. The Hall–Kier alpha value is -1.10. The summed E-state index contributed by atoms with van der Waals surface area (Å²) in [6.45, 7) is 0. The van der Waals surface area contributed by atoms with Crippen molar-refractivity contribution in [2.75, 3.05) is 0 Å². The molecule has 3 N–H and O–H groups in total. The maximum atomic E-state index is 12.2. The topological polar surface area (TPSA) is 80.4 Å². The highest BCUT2D eigenvalue weighted by atomic mass is 35.5. The van der Waals surface area contributed by atoms with Gasteiger partial charge in [0.1, 0.15) is 0 Å². The van der Waals surface area contributed by atoms with Crippen LogP contribution in [0.3, 0.4) is 0 Å². The molecule has 1 aliphatic rings. The van der Waals surface area contributed by atoms with Crippen LogP contribution < -0.4 is 5.73 Å². The first-order valence-electron chi connectivity index (χ1n) is 5.83. The molecule has 4 nitrogen and oxygen atoms in total. The van der Waals surface area contributed by atoms with Crippen LogP contribution in [0.4, 0.5) is 0 Å². The third-order valence-corrected chi connectivity index (χ3v) is 3.98. The number of rotatable bonds is 5. The quantitative estimate of drug-likeness (QED) is 0.820. The first-order valence-corrected chi connectivity index (χ1v) is 6.59. The van der Waals surface area contributed by atoms with Crippen LogP contribution in [-0.2, 0) is 4.79 Å². The zero-order valence-electron chi connectivity index (χ0n) is 10.0. The lowest BCUT2D eigenvalue weighted by Crippen LogP contribution is -2.28. The zero-order chi connectivity index (χ0) is 14.2. The van der Waals surface area contributed by atoms with Crippen LogP contribution >= 0.6 is 23.2 Å². The number of carbonyl (C=O) groups excluding carboxylic acids is 1. The average Bonchev–Trinajstić information content (AvgIpc) is 2.99. The van der Waals surface area contributed by atoms with Gasteiger partial charge in [0, 0.05) is 28.5 Å². The summed E-state index contributed by atoms with van der Waals surface area (Å²) < 4.78 is 0. The molecule has 0 spiro atoms. The Bertz CT molecular complexity index is 547. The summed E-state index contributed by atoms with van der Waals surface area (Å²) in [4.78, 5) is 22.8. The molecule has 1 saturated carbocycles. The Balaban J connectivity index is 2.08. The number of carboxylic acid groups (broad SMARTS) is 1. The second-order valence-electron chi connectivity index (χ2n) is 4.87. The number of hydrogen-bond donors (Lipinski definition) is 2. The lowest BCUT2D eigenvalue weighted by molar-refractivity contribution is -0.137. The van der Waals surface area contributed by atoms with Gasteiger partial charge in [0.15, 0.2) is 5.78 Å². The van der Waals surface area contributed by atoms with Crippen molar-refractivity contribution >= 4 is 35.0 Å². The molecular weight excluding hydrogens is 289 g/mol. The summed E-state index contributed by atoms with van der Waals surface area (Å²) in [6, 6.07) is 4.68. The predicted octanol–water partition coefficient (Wildman–Crippen LogP) is 2.76. The van der Waals surface area contributed by atoms with Gasteiger partial charge in [-0.2, -0.15) is 0 Å². The van der Waals surface area contributed by atoms with E-state index in [4.69, 9.17) is 34.0 Å². The van der Waals surface area contributed by atoms with Gasteiger partial charge in [-0.05, 0) is 31.0 Å². The number of aliphatic carboxylic acids is 1. The van der Waals surface area contributed by atoms with Crippen LogP contribution in [0, 0.1) is 5.92 Å². The van der Waals surface area contributed by atoms with Crippen molar-refractivity contribution in [3.8, 4) is 0 Å². The Morgan fingerprint density at radius 3 is 2.68 bits per heavy atom. The highest BCUT2D eigenvalue weighted by Crippen LogP contribution is 2.47. The lowest BCUT2D eigenvalue weighted by atomic mass is 10.0. The minimum Gasteiger partial charge on any atom is -0.481 e. The van der Waals surface area contributed by atoms with E-state index in [-0.39, 0.29) is 18.1 Å². The smallest absolute Gasteiger partial charge is 0.303 e. The Morgan fingerprint density at radius 2 is 2.11 bits per heavy atom. The Kier molecular flexibility index (Phi) is 3.85. The zero-order valence-corrected chi connectivity index (χ0v) is 11.5. The average molecular weight is 302 g/mol. The number of halogens is 2. The van der Waals surface area contributed by atoms with Crippen molar-refractivity contribution in [3.05, 3.63) is 33.8 Å². The Labute approximate surface area is 120 Å². The largest absolute Gasteiger partial charge is 0.481 e. The molecule has 0 bridgehead atoms. The molecule has 0 amide bonds. The third kappa shape index (κ3) is 3.08. The molecular formula is C13H13Cl2NO3. The number of carbonyl (C=O) groups is 2.